The molecule has 0 aliphatic carbocycles. The fourth-order valence-corrected chi connectivity index (χ4v) is 3.03. The van der Waals surface area contributed by atoms with Crippen molar-refractivity contribution in [1.29, 1.82) is 0 Å². The van der Waals surface area contributed by atoms with E-state index in [-0.39, 0.29) is 0 Å². The van der Waals surface area contributed by atoms with E-state index in [1.165, 1.54) is 0 Å². The highest BCUT2D eigenvalue weighted by Gasteiger charge is 2.11. The van der Waals surface area contributed by atoms with Gasteiger partial charge in [-0.1, -0.05) is 23.7 Å². The van der Waals surface area contributed by atoms with Crippen LogP contribution in [0.1, 0.15) is 66.5 Å². The summed E-state index contributed by atoms with van der Waals surface area (Å²) in [6, 6.07) is 10.3. The summed E-state index contributed by atoms with van der Waals surface area (Å²) < 4.78 is 0. The van der Waals surface area contributed by atoms with Gasteiger partial charge in [0.25, 0.3) is 0 Å². The molecule has 1 aromatic carbocycles. The number of benzene rings is 1. The third-order valence-electron chi connectivity index (χ3n) is 4.53. The molecule has 0 N–H and O–H groups in total. The zero-order valence-electron chi connectivity index (χ0n) is 17.9. The number of nitrogens with zero attached hydrogens (tertiary/aromatic N) is 2. The van der Waals surface area contributed by atoms with Gasteiger partial charge in [0, 0.05) is 35.3 Å². The van der Waals surface area contributed by atoms with Crippen LogP contribution in [0.5, 0.6) is 0 Å². The molecule has 26 heavy (non-hydrogen) atoms. The van der Waals surface area contributed by atoms with Gasteiger partial charge in [-0.15, -0.1) is 0 Å². The third-order valence-corrected chi connectivity index (χ3v) is 4.53. The molecule has 142 valence electrons. The maximum absolute atomic E-state index is 3.30. The van der Waals surface area contributed by atoms with Crippen molar-refractivity contribution in [3.05, 3.63) is 35.4 Å². The minimum atomic E-state index is 0.512. The van der Waals surface area contributed by atoms with Gasteiger partial charge in [-0.05, 0) is 79.7 Å². The van der Waals surface area contributed by atoms with Crippen LogP contribution >= 0.6 is 0 Å². The molecule has 0 saturated carbocycles. The lowest BCUT2D eigenvalue weighted by Crippen LogP contribution is -2.37. The molecule has 1 aromatic rings. The van der Waals surface area contributed by atoms with Crippen LogP contribution in [0.15, 0.2) is 24.3 Å². The summed E-state index contributed by atoms with van der Waals surface area (Å²) >= 11 is 0. The molecule has 0 amide bonds. The van der Waals surface area contributed by atoms with Crippen molar-refractivity contribution in [3.63, 3.8) is 0 Å². The molecule has 0 spiro atoms. The van der Waals surface area contributed by atoms with E-state index in [2.05, 4.69) is 113 Å². The molecule has 0 radical (unpaired) electrons. The molecule has 0 heterocycles. The predicted molar refractivity (Wildman–Crippen MR) is 114 cm³/mol. The molecule has 0 saturated heterocycles. The lowest BCUT2D eigenvalue weighted by molar-refractivity contribution is 0.199. The fourth-order valence-electron chi connectivity index (χ4n) is 3.03. The van der Waals surface area contributed by atoms with Crippen molar-refractivity contribution in [2.24, 2.45) is 0 Å². The Hall–Kier alpha value is -1.74. The summed E-state index contributed by atoms with van der Waals surface area (Å²) in [7, 11) is 0. The molecular formula is C24H36N2. The summed E-state index contributed by atoms with van der Waals surface area (Å²) in [4.78, 5) is 4.78. The topological polar surface area (TPSA) is 6.48 Å². The predicted octanol–water partition coefficient (Wildman–Crippen LogP) is 4.63. The first-order valence-electron chi connectivity index (χ1n) is 9.81. The first kappa shape index (κ1) is 22.3. The molecule has 0 fully saturated rings. The van der Waals surface area contributed by atoms with Gasteiger partial charge in [0.05, 0.1) is 13.1 Å². The monoisotopic (exact) mass is 352 g/mol. The van der Waals surface area contributed by atoms with Crippen LogP contribution in [0.3, 0.4) is 0 Å². The molecule has 0 unspecified atom stereocenters. The Bertz CT molecular complexity index is 570. The van der Waals surface area contributed by atoms with Crippen LogP contribution in [0, 0.1) is 23.7 Å². The van der Waals surface area contributed by atoms with E-state index in [4.69, 9.17) is 0 Å². The Morgan fingerprint density at radius 2 is 0.846 bits per heavy atom. The van der Waals surface area contributed by atoms with E-state index in [9.17, 15) is 0 Å². The highest BCUT2D eigenvalue weighted by Crippen LogP contribution is 2.06. The maximum Gasteiger partial charge on any atom is 0.0609 e. The van der Waals surface area contributed by atoms with Crippen molar-refractivity contribution in [2.45, 2.75) is 79.6 Å². The molecular weight excluding hydrogens is 316 g/mol. The van der Waals surface area contributed by atoms with Crippen LogP contribution in [0.4, 0.5) is 0 Å². The zero-order chi connectivity index (χ0) is 19.7. The standard InChI is InChI=1S/C24H36N2/c1-19(2)25(20(3)4)17-9-11-23-13-15-24(16-14-23)12-10-18-26(21(5)6)22(7)8/h13-16,19-22H,17-18H2,1-8H3. The zero-order valence-corrected chi connectivity index (χ0v) is 17.9. The Balaban J connectivity index is 2.68. The molecule has 1 rings (SSSR count). The SMILES string of the molecule is CC(C)N(CC#Cc1ccc(C#CCN(C(C)C)C(C)C)cc1)C(C)C. The van der Waals surface area contributed by atoms with E-state index < -0.39 is 0 Å². The Morgan fingerprint density at radius 3 is 1.08 bits per heavy atom. The van der Waals surface area contributed by atoms with Gasteiger partial charge in [0.1, 0.15) is 0 Å². The molecule has 0 bridgehead atoms. The van der Waals surface area contributed by atoms with Crippen LogP contribution in [0.25, 0.3) is 0 Å². The normalized spacial score (nSPS) is 11.3. The van der Waals surface area contributed by atoms with Crippen LogP contribution < -0.4 is 0 Å². The molecule has 0 aromatic heterocycles. The second kappa shape index (κ2) is 11.1. The quantitative estimate of drug-likeness (QED) is 0.689. The second-order valence-electron chi connectivity index (χ2n) is 7.90. The molecule has 2 heteroatoms. The maximum atomic E-state index is 3.30. The lowest BCUT2D eigenvalue weighted by atomic mass is 10.1. The smallest absolute Gasteiger partial charge is 0.0609 e. The van der Waals surface area contributed by atoms with Gasteiger partial charge in [0.2, 0.25) is 0 Å². The third kappa shape index (κ3) is 7.65. The second-order valence-corrected chi connectivity index (χ2v) is 7.90. The molecule has 0 aliphatic rings. The minimum Gasteiger partial charge on any atom is -0.287 e. The van der Waals surface area contributed by atoms with Crippen LogP contribution in [0.2, 0.25) is 0 Å². The lowest BCUT2D eigenvalue weighted by Gasteiger charge is -2.28. The van der Waals surface area contributed by atoms with Crippen molar-refractivity contribution in [1.82, 2.24) is 9.80 Å². The van der Waals surface area contributed by atoms with Gasteiger partial charge in [-0.2, -0.15) is 0 Å². The number of hydrogen-bond donors (Lipinski definition) is 0. The van der Waals surface area contributed by atoms with Gasteiger partial charge < -0.3 is 0 Å². The molecule has 2 nitrogen and oxygen atoms in total. The van der Waals surface area contributed by atoms with E-state index in [1.54, 1.807) is 0 Å². The summed E-state index contributed by atoms with van der Waals surface area (Å²) in [5, 5.41) is 0. The van der Waals surface area contributed by atoms with Crippen molar-refractivity contribution in [2.75, 3.05) is 13.1 Å². The number of hydrogen-bond acceptors (Lipinski definition) is 2. The van der Waals surface area contributed by atoms with Gasteiger partial charge in [0.15, 0.2) is 0 Å². The molecule has 0 aliphatic heterocycles. The van der Waals surface area contributed by atoms with Gasteiger partial charge in [-0.3, -0.25) is 9.80 Å². The summed E-state index contributed by atoms with van der Waals surface area (Å²) in [6.45, 7) is 19.3. The minimum absolute atomic E-state index is 0.512. The number of rotatable bonds is 6. The van der Waals surface area contributed by atoms with Crippen molar-refractivity contribution in [3.8, 4) is 23.7 Å². The Morgan fingerprint density at radius 1 is 0.577 bits per heavy atom. The van der Waals surface area contributed by atoms with Gasteiger partial charge in [-0.25, -0.2) is 0 Å². The van der Waals surface area contributed by atoms with E-state index >= 15 is 0 Å². The first-order chi connectivity index (χ1) is 12.2. The van der Waals surface area contributed by atoms with Crippen molar-refractivity contribution >= 4 is 0 Å². The van der Waals surface area contributed by atoms with Crippen LogP contribution in [-0.2, 0) is 0 Å². The van der Waals surface area contributed by atoms with E-state index in [1.807, 2.05) is 0 Å². The summed E-state index contributed by atoms with van der Waals surface area (Å²) in [6.07, 6.45) is 0. The average Bonchev–Trinajstić information content (AvgIpc) is 2.55. The summed E-state index contributed by atoms with van der Waals surface area (Å²) in [5.74, 6) is 13.1. The van der Waals surface area contributed by atoms with Crippen molar-refractivity contribution < 1.29 is 0 Å². The summed E-state index contributed by atoms with van der Waals surface area (Å²) in [5.41, 5.74) is 2.10. The largest absolute Gasteiger partial charge is 0.287 e. The highest BCUT2D eigenvalue weighted by atomic mass is 15.2. The fraction of sp³-hybridized carbons (Fsp3) is 0.583. The van der Waals surface area contributed by atoms with Crippen LogP contribution in [-0.4, -0.2) is 47.1 Å². The van der Waals surface area contributed by atoms with Gasteiger partial charge >= 0.3 is 0 Å². The average molecular weight is 353 g/mol. The Kier molecular flexibility index (Phi) is 9.50. The van der Waals surface area contributed by atoms with E-state index in [0.717, 1.165) is 24.2 Å². The van der Waals surface area contributed by atoms with E-state index in [0.29, 0.717) is 24.2 Å². The molecule has 0 atom stereocenters. The highest BCUT2D eigenvalue weighted by molar-refractivity contribution is 5.42. The first-order valence-corrected chi connectivity index (χ1v) is 9.81. The Labute approximate surface area is 162 Å².